The highest BCUT2D eigenvalue weighted by Gasteiger charge is 2.30. The molecular weight excluding hydrogens is 1020 g/mol. The van der Waals surface area contributed by atoms with Crippen LogP contribution < -0.4 is 0 Å². The molecule has 0 radical (unpaired) electrons. The van der Waals surface area contributed by atoms with Crippen LogP contribution in [-0.4, -0.2) is 96.7 Å². The van der Waals surface area contributed by atoms with Crippen LogP contribution in [0.2, 0.25) is 0 Å². The van der Waals surface area contributed by atoms with E-state index in [1.165, 1.54) is 83.5 Å². The third-order valence-corrected chi connectivity index (χ3v) is 14.9. The number of unbranched alkanes of at least 4 members (excludes halogenated alkanes) is 29. The molecular formula is C57H110O17P2. The predicted molar refractivity (Wildman–Crippen MR) is 298 cm³/mol. The number of phosphoric acid groups is 2. The summed E-state index contributed by atoms with van der Waals surface area (Å²) in [6, 6.07) is 0. The van der Waals surface area contributed by atoms with Crippen molar-refractivity contribution in [2.45, 2.75) is 297 Å². The molecule has 19 heteroatoms. The van der Waals surface area contributed by atoms with Gasteiger partial charge in [0.05, 0.1) is 26.4 Å². The van der Waals surface area contributed by atoms with E-state index in [-0.39, 0.29) is 25.7 Å². The second-order valence-electron chi connectivity index (χ2n) is 21.2. The maximum Gasteiger partial charge on any atom is 0.472 e. The van der Waals surface area contributed by atoms with E-state index in [0.29, 0.717) is 25.7 Å². The molecule has 450 valence electrons. The minimum atomic E-state index is -4.93. The number of hydrogen-bond donors (Lipinski definition) is 3. The predicted octanol–water partition coefficient (Wildman–Crippen LogP) is 15.1. The van der Waals surface area contributed by atoms with E-state index < -0.39 is 97.5 Å². The van der Waals surface area contributed by atoms with E-state index in [0.717, 1.165) is 115 Å². The molecule has 76 heavy (non-hydrogen) atoms. The van der Waals surface area contributed by atoms with Crippen LogP contribution in [0.1, 0.15) is 279 Å². The van der Waals surface area contributed by atoms with Crippen molar-refractivity contribution in [3.8, 4) is 0 Å². The molecule has 0 aromatic carbocycles. The number of ether oxygens (including phenoxy) is 4. The molecule has 0 aliphatic heterocycles. The summed E-state index contributed by atoms with van der Waals surface area (Å²) in [6.07, 6.45) is 32.6. The summed E-state index contributed by atoms with van der Waals surface area (Å²) in [5.41, 5.74) is 0. The fourth-order valence-electron chi connectivity index (χ4n) is 8.34. The van der Waals surface area contributed by atoms with Gasteiger partial charge in [-0.2, -0.15) is 0 Å². The third kappa shape index (κ3) is 51.5. The summed E-state index contributed by atoms with van der Waals surface area (Å²) in [5.74, 6) is -1.43. The molecule has 2 unspecified atom stereocenters. The summed E-state index contributed by atoms with van der Waals surface area (Å²) < 4.78 is 67.4. The lowest BCUT2D eigenvalue weighted by molar-refractivity contribution is -0.161. The van der Waals surface area contributed by atoms with Gasteiger partial charge in [0.2, 0.25) is 0 Å². The number of aliphatic hydroxyl groups is 1. The van der Waals surface area contributed by atoms with Crippen molar-refractivity contribution in [3.05, 3.63) is 0 Å². The number of esters is 4. The smallest absolute Gasteiger partial charge is 0.462 e. The van der Waals surface area contributed by atoms with Gasteiger partial charge >= 0.3 is 39.5 Å². The molecule has 3 N–H and O–H groups in total. The van der Waals surface area contributed by atoms with Crippen LogP contribution in [0.25, 0.3) is 0 Å². The van der Waals surface area contributed by atoms with Crippen LogP contribution in [0, 0.1) is 5.92 Å². The zero-order chi connectivity index (χ0) is 56.4. The standard InChI is InChI=1S/C57H110O17P2/c1-6-9-12-15-17-18-19-20-21-22-28-33-38-43-57(62)74-53(47-68-55(60)41-36-31-27-24-23-26-30-34-39-50(4)5)49-72-76(65,66)70-45-51(58)44-69-75(63,64)71-48-52(46-67-54(59)40-35-29-14-11-8-3)73-56(61)42-37-32-25-16-13-10-7-2/h50-53,58H,6-49H2,1-5H3,(H,63,64)(H,65,66)/t51-,52+,53+/m0/s1. The lowest BCUT2D eigenvalue weighted by atomic mass is 10.0. The normalized spacial score (nSPS) is 14.4. The lowest BCUT2D eigenvalue weighted by Gasteiger charge is -2.21. The molecule has 0 saturated heterocycles. The summed E-state index contributed by atoms with van der Waals surface area (Å²) in [7, 11) is -9.86. The highest BCUT2D eigenvalue weighted by atomic mass is 31.2. The molecule has 0 saturated carbocycles. The molecule has 0 heterocycles. The molecule has 0 spiro atoms. The van der Waals surface area contributed by atoms with Crippen molar-refractivity contribution in [2.24, 2.45) is 5.92 Å². The Labute approximate surface area is 460 Å². The first-order valence-corrected chi connectivity index (χ1v) is 33.1. The van der Waals surface area contributed by atoms with Crippen LogP contribution in [0.15, 0.2) is 0 Å². The largest absolute Gasteiger partial charge is 0.472 e. The van der Waals surface area contributed by atoms with Crippen molar-refractivity contribution < 1.29 is 80.2 Å². The Bertz CT molecular complexity index is 1500. The van der Waals surface area contributed by atoms with E-state index in [4.69, 9.17) is 37.0 Å². The van der Waals surface area contributed by atoms with Gasteiger partial charge in [-0.3, -0.25) is 37.3 Å². The average molecular weight is 1130 g/mol. The van der Waals surface area contributed by atoms with Crippen molar-refractivity contribution in [3.63, 3.8) is 0 Å². The summed E-state index contributed by atoms with van der Waals surface area (Å²) in [5, 5.41) is 10.5. The summed E-state index contributed by atoms with van der Waals surface area (Å²) in [6.45, 7) is 6.97. The Hall–Kier alpha value is -1.94. The van der Waals surface area contributed by atoms with E-state index in [9.17, 15) is 43.2 Å². The van der Waals surface area contributed by atoms with E-state index in [1.54, 1.807) is 0 Å². The number of aliphatic hydroxyl groups excluding tert-OH is 1. The zero-order valence-electron chi connectivity index (χ0n) is 48.4. The number of carbonyl (C=O) groups is 4. The molecule has 0 bridgehead atoms. The zero-order valence-corrected chi connectivity index (χ0v) is 50.2. The maximum atomic E-state index is 12.9. The Balaban J connectivity index is 5.17. The maximum absolute atomic E-state index is 12.9. The number of hydrogen-bond acceptors (Lipinski definition) is 15. The Kier molecular flexibility index (Phi) is 49.9. The topological polar surface area (TPSA) is 237 Å². The van der Waals surface area contributed by atoms with Crippen molar-refractivity contribution >= 4 is 39.5 Å². The van der Waals surface area contributed by atoms with Gasteiger partial charge in [0.1, 0.15) is 19.3 Å². The Morgan fingerprint density at radius 3 is 0.895 bits per heavy atom. The van der Waals surface area contributed by atoms with Crippen LogP contribution in [0.5, 0.6) is 0 Å². The second kappa shape index (κ2) is 51.2. The summed E-state index contributed by atoms with van der Waals surface area (Å²) >= 11 is 0. The van der Waals surface area contributed by atoms with Gasteiger partial charge in [-0.15, -0.1) is 0 Å². The van der Waals surface area contributed by atoms with E-state index in [1.807, 2.05) is 0 Å². The van der Waals surface area contributed by atoms with Crippen LogP contribution in [0.4, 0.5) is 0 Å². The van der Waals surface area contributed by atoms with Crippen LogP contribution in [-0.2, 0) is 65.4 Å². The fourth-order valence-corrected chi connectivity index (χ4v) is 9.92. The second-order valence-corrected chi connectivity index (χ2v) is 24.1. The molecule has 0 aliphatic carbocycles. The third-order valence-electron chi connectivity index (χ3n) is 13.0. The van der Waals surface area contributed by atoms with Gasteiger partial charge in [-0.1, -0.05) is 227 Å². The molecule has 0 fully saturated rings. The van der Waals surface area contributed by atoms with Gasteiger partial charge in [0, 0.05) is 25.7 Å². The van der Waals surface area contributed by atoms with Crippen molar-refractivity contribution in [2.75, 3.05) is 39.6 Å². The fraction of sp³-hybridized carbons (Fsp3) is 0.930. The average Bonchev–Trinajstić information content (AvgIpc) is 3.38. The monoisotopic (exact) mass is 1130 g/mol. The highest BCUT2D eigenvalue weighted by molar-refractivity contribution is 7.47. The molecule has 5 atom stereocenters. The number of rotatable bonds is 57. The van der Waals surface area contributed by atoms with E-state index in [2.05, 4.69) is 34.6 Å². The number of phosphoric ester groups is 2. The molecule has 0 amide bonds. The molecule has 0 aromatic heterocycles. The van der Waals surface area contributed by atoms with Gasteiger partial charge in [0.15, 0.2) is 12.2 Å². The SMILES string of the molecule is CCCCCCCCCCCCCCCC(=O)O[C@H](COC(=O)CCCCCCCCCCC(C)C)COP(=O)(O)OC[C@@H](O)COP(=O)(O)OC[C@@H](COC(=O)CCCCCCC)OC(=O)CCCCCCCCC. The molecule has 0 rings (SSSR count). The molecule has 17 nitrogen and oxygen atoms in total. The first-order chi connectivity index (χ1) is 36.5. The van der Waals surface area contributed by atoms with Gasteiger partial charge < -0.3 is 33.8 Å². The Morgan fingerprint density at radius 2 is 0.605 bits per heavy atom. The minimum absolute atomic E-state index is 0.103. The van der Waals surface area contributed by atoms with Gasteiger partial charge in [-0.25, -0.2) is 9.13 Å². The van der Waals surface area contributed by atoms with E-state index >= 15 is 0 Å². The van der Waals surface area contributed by atoms with Crippen molar-refractivity contribution in [1.29, 1.82) is 0 Å². The van der Waals surface area contributed by atoms with Crippen LogP contribution in [0.3, 0.4) is 0 Å². The number of carbonyl (C=O) groups excluding carboxylic acids is 4. The molecule has 0 aromatic rings. The van der Waals surface area contributed by atoms with Crippen molar-refractivity contribution in [1.82, 2.24) is 0 Å². The summed E-state index contributed by atoms with van der Waals surface area (Å²) in [4.78, 5) is 71.5. The van der Waals surface area contributed by atoms with Gasteiger partial charge in [0.25, 0.3) is 0 Å². The first kappa shape index (κ1) is 74.1. The minimum Gasteiger partial charge on any atom is -0.462 e. The van der Waals surface area contributed by atoms with Crippen LogP contribution >= 0.6 is 15.6 Å². The lowest BCUT2D eigenvalue weighted by Crippen LogP contribution is -2.30. The molecule has 0 aliphatic rings. The van der Waals surface area contributed by atoms with Gasteiger partial charge in [-0.05, 0) is 31.6 Å². The first-order valence-electron chi connectivity index (χ1n) is 30.1. The highest BCUT2D eigenvalue weighted by Crippen LogP contribution is 2.45. The Morgan fingerprint density at radius 1 is 0.355 bits per heavy atom. The quantitative estimate of drug-likeness (QED) is 0.0222.